The smallest absolute Gasteiger partial charge is 0.244 e. The molecular formula is C30H35N3O4. The van der Waals surface area contributed by atoms with Crippen molar-refractivity contribution in [1.29, 1.82) is 0 Å². The number of aromatic hydroxyl groups is 1. The summed E-state index contributed by atoms with van der Waals surface area (Å²) >= 11 is 0. The Labute approximate surface area is 217 Å². The summed E-state index contributed by atoms with van der Waals surface area (Å²) in [6, 6.07) is 16.0. The van der Waals surface area contributed by atoms with Crippen molar-refractivity contribution in [1.82, 2.24) is 15.1 Å². The van der Waals surface area contributed by atoms with Gasteiger partial charge in [0.05, 0.1) is 5.60 Å². The molecule has 5 unspecified atom stereocenters. The maximum atomic E-state index is 14.0. The van der Waals surface area contributed by atoms with Crippen molar-refractivity contribution in [3.05, 3.63) is 65.2 Å². The van der Waals surface area contributed by atoms with E-state index in [0.29, 0.717) is 32.4 Å². The molecule has 3 heterocycles. The van der Waals surface area contributed by atoms with Gasteiger partial charge in [-0.1, -0.05) is 36.4 Å². The van der Waals surface area contributed by atoms with E-state index >= 15 is 0 Å². The summed E-state index contributed by atoms with van der Waals surface area (Å²) in [6.45, 7) is 3.06. The molecule has 2 aromatic carbocycles. The maximum Gasteiger partial charge on any atom is 0.244 e. The fourth-order valence-electron chi connectivity index (χ4n) is 8.56. The van der Waals surface area contributed by atoms with Crippen molar-refractivity contribution < 1.29 is 19.7 Å². The van der Waals surface area contributed by atoms with Gasteiger partial charge in [-0.05, 0) is 86.2 Å². The Morgan fingerprint density at radius 1 is 1.08 bits per heavy atom. The number of benzene rings is 2. The Kier molecular flexibility index (Phi) is 4.47. The van der Waals surface area contributed by atoms with Crippen LogP contribution in [0.25, 0.3) is 0 Å². The number of phenols is 1. The Balaban J connectivity index is 1.25. The number of carbonyl (C=O) groups excluding carboxylic acids is 1. The van der Waals surface area contributed by atoms with Crippen LogP contribution in [0.5, 0.6) is 5.75 Å². The van der Waals surface area contributed by atoms with Crippen molar-refractivity contribution in [2.45, 2.75) is 79.9 Å². The van der Waals surface area contributed by atoms with Gasteiger partial charge in [0, 0.05) is 24.5 Å². The summed E-state index contributed by atoms with van der Waals surface area (Å²) in [5.41, 5.74) is 1.07. The van der Waals surface area contributed by atoms with Gasteiger partial charge < -0.3 is 20.3 Å². The van der Waals surface area contributed by atoms with E-state index < -0.39 is 22.4 Å². The van der Waals surface area contributed by atoms with E-state index in [1.165, 1.54) is 18.4 Å². The fourth-order valence-corrected chi connectivity index (χ4v) is 8.56. The molecule has 7 heteroatoms. The predicted molar refractivity (Wildman–Crippen MR) is 137 cm³/mol. The van der Waals surface area contributed by atoms with Crippen LogP contribution in [0, 0.1) is 5.92 Å². The molecule has 37 heavy (non-hydrogen) atoms. The number of carbonyl (C=O) groups is 1. The molecule has 5 fully saturated rings. The van der Waals surface area contributed by atoms with Gasteiger partial charge >= 0.3 is 0 Å². The van der Waals surface area contributed by atoms with E-state index in [9.17, 15) is 15.0 Å². The third-order valence-electron chi connectivity index (χ3n) is 10.7. The first-order chi connectivity index (χ1) is 17.9. The normalized spacial score (nSPS) is 40.5. The van der Waals surface area contributed by atoms with Crippen LogP contribution in [-0.2, 0) is 27.9 Å². The summed E-state index contributed by atoms with van der Waals surface area (Å²) < 4.78 is 5.94. The number of hydrogen-bond acceptors (Lipinski definition) is 6. The van der Waals surface area contributed by atoms with Gasteiger partial charge in [-0.2, -0.15) is 0 Å². The van der Waals surface area contributed by atoms with Crippen LogP contribution >= 0.6 is 0 Å². The number of nitrogens with zero attached hydrogens (tertiary/aromatic N) is 2. The zero-order valence-electron chi connectivity index (χ0n) is 21.2. The van der Waals surface area contributed by atoms with Crippen LogP contribution in [0.4, 0.5) is 0 Å². The van der Waals surface area contributed by atoms with Gasteiger partial charge in [-0.3, -0.25) is 9.69 Å². The molecule has 3 aliphatic heterocycles. The number of fused-ring (bicyclic) bond motifs is 1. The van der Waals surface area contributed by atoms with Gasteiger partial charge in [0.1, 0.15) is 17.9 Å². The maximum absolute atomic E-state index is 14.0. The van der Waals surface area contributed by atoms with Crippen LogP contribution in [0.2, 0.25) is 0 Å². The number of piperidine rings is 1. The molecule has 6 aliphatic rings. The molecule has 3 N–H and O–H groups in total. The number of aliphatic hydroxyl groups is 1. The molecule has 2 bridgehead atoms. The molecule has 7 nitrogen and oxygen atoms in total. The highest BCUT2D eigenvalue weighted by Gasteiger charge is 2.75. The van der Waals surface area contributed by atoms with Crippen LogP contribution in [0.1, 0.15) is 55.2 Å². The number of phenolic OH excluding ortho intramolecular Hbond substituents is 1. The zero-order valence-corrected chi connectivity index (χ0v) is 21.2. The Morgan fingerprint density at radius 3 is 2.65 bits per heavy atom. The first kappa shape index (κ1) is 22.5. The van der Waals surface area contributed by atoms with Crippen molar-refractivity contribution in [2.24, 2.45) is 5.92 Å². The first-order valence-corrected chi connectivity index (χ1v) is 13.9. The molecule has 1 amide bonds. The molecule has 2 aromatic rings. The molecule has 5 atom stereocenters. The van der Waals surface area contributed by atoms with Crippen LogP contribution in [0.3, 0.4) is 0 Å². The van der Waals surface area contributed by atoms with Gasteiger partial charge in [0.2, 0.25) is 11.8 Å². The van der Waals surface area contributed by atoms with E-state index in [1.54, 1.807) is 6.07 Å². The second kappa shape index (κ2) is 7.35. The second-order valence-corrected chi connectivity index (χ2v) is 12.6. The lowest BCUT2D eigenvalue weighted by Gasteiger charge is -2.66. The Bertz CT molecular complexity index is 1280. The molecule has 3 saturated heterocycles. The Hall–Kier alpha value is -2.45. The number of ether oxygens (including phenoxy) is 1. The van der Waals surface area contributed by atoms with Crippen molar-refractivity contribution in [3.63, 3.8) is 0 Å². The van der Waals surface area contributed by atoms with E-state index in [-0.39, 0.29) is 17.7 Å². The summed E-state index contributed by atoms with van der Waals surface area (Å²) in [5.74, 6) is 0.247. The lowest BCUT2D eigenvalue weighted by atomic mass is 9.46. The third kappa shape index (κ3) is 3.00. The van der Waals surface area contributed by atoms with Crippen molar-refractivity contribution in [2.75, 3.05) is 19.7 Å². The number of likely N-dealkylation sites (tertiary alicyclic amines) is 1. The number of nitrogens with one attached hydrogen (secondary N) is 1. The summed E-state index contributed by atoms with van der Waals surface area (Å²) in [5, 5.41) is 26.5. The van der Waals surface area contributed by atoms with Gasteiger partial charge in [-0.25, -0.2) is 4.90 Å². The van der Waals surface area contributed by atoms with Gasteiger partial charge in [0.25, 0.3) is 0 Å². The van der Waals surface area contributed by atoms with Crippen molar-refractivity contribution in [3.8, 4) is 5.75 Å². The van der Waals surface area contributed by atoms with Gasteiger partial charge in [0.15, 0.2) is 0 Å². The van der Waals surface area contributed by atoms with Crippen LogP contribution in [-0.4, -0.2) is 68.6 Å². The standard InChI is InChI=1S/C30H35N3O4/c34-23-9-8-22-14-25-29(36)11-10-28(18-27(29,24(22)15-23)12-13-32(25)16-21-6-7-21)26(35)31-30(19-37-30)33(28)17-20-4-2-1-3-5-20/h1-5,8-9,15,21,25,34,36H,6-7,10-14,16-19H2,(H,31,35). The third-order valence-corrected chi connectivity index (χ3v) is 10.7. The highest BCUT2D eigenvalue weighted by molar-refractivity contribution is 5.90. The summed E-state index contributed by atoms with van der Waals surface area (Å²) in [7, 11) is 0. The average Bonchev–Trinajstić information content (AvgIpc) is 3.82. The van der Waals surface area contributed by atoms with Crippen LogP contribution < -0.4 is 5.32 Å². The predicted octanol–water partition coefficient (Wildman–Crippen LogP) is 2.64. The van der Waals surface area contributed by atoms with E-state index in [1.807, 2.05) is 30.3 Å². The largest absolute Gasteiger partial charge is 0.508 e. The second-order valence-electron chi connectivity index (χ2n) is 12.6. The quantitative estimate of drug-likeness (QED) is 0.559. The molecular weight excluding hydrogens is 466 g/mol. The van der Waals surface area contributed by atoms with Crippen molar-refractivity contribution >= 4 is 5.91 Å². The number of epoxide rings is 1. The molecule has 0 aromatic heterocycles. The molecule has 2 spiro atoms. The zero-order chi connectivity index (χ0) is 25.0. The van der Waals surface area contributed by atoms with Gasteiger partial charge in [-0.15, -0.1) is 0 Å². The minimum absolute atomic E-state index is 0.0154. The summed E-state index contributed by atoms with van der Waals surface area (Å²) in [6.07, 6.45) is 5.84. The highest BCUT2D eigenvalue weighted by atomic mass is 16.6. The molecule has 2 saturated carbocycles. The monoisotopic (exact) mass is 501 g/mol. The van der Waals surface area contributed by atoms with E-state index in [0.717, 1.165) is 43.0 Å². The first-order valence-electron chi connectivity index (χ1n) is 13.9. The minimum Gasteiger partial charge on any atom is -0.508 e. The average molecular weight is 502 g/mol. The fraction of sp³-hybridized carbons (Fsp3) is 0.567. The van der Waals surface area contributed by atoms with E-state index in [4.69, 9.17) is 4.74 Å². The number of amides is 1. The molecule has 3 aliphatic carbocycles. The van der Waals surface area contributed by atoms with Crippen LogP contribution in [0.15, 0.2) is 48.5 Å². The number of rotatable bonds is 4. The minimum atomic E-state index is -0.939. The lowest BCUT2D eigenvalue weighted by Crippen LogP contribution is -2.76. The molecule has 194 valence electrons. The lowest BCUT2D eigenvalue weighted by molar-refractivity contribution is -0.193. The van der Waals surface area contributed by atoms with E-state index in [2.05, 4.69) is 27.2 Å². The highest BCUT2D eigenvalue weighted by Crippen LogP contribution is 2.63. The summed E-state index contributed by atoms with van der Waals surface area (Å²) in [4.78, 5) is 18.8. The topological polar surface area (TPSA) is 88.6 Å². The molecule has 8 rings (SSSR count). The Morgan fingerprint density at radius 2 is 1.89 bits per heavy atom. The SMILES string of the molecule is O=C1NC2(CO2)N(Cc2ccccc2)C12CCC1(O)C3Cc4ccc(O)cc4C1(CCN3CC1CC1)C2. The molecule has 0 radical (unpaired) electrons. The number of hydrogen-bond donors (Lipinski definition) is 3.